The van der Waals surface area contributed by atoms with Crippen LogP contribution < -0.4 is 5.32 Å². The highest BCUT2D eigenvalue weighted by Crippen LogP contribution is 2.28. The van der Waals surface area contributed by atoms with E-state index in [0.717, 1.165) is 27.4 Å². The van der Waals surface area contributed by atoms with Crippen LogP contribution in [0.1, 0.15) is 30.0 Å². The second-order valence-corrected chi connectivity index (χ2v) is 9.82. The van der Waals surface area contributed by atoms with E-state index in [1.54, 1.807) is 25.1 Å². The van der Waals surface area contributed by atoms with Gasteiger partial charge in [-0.1, -0.05) is 25.1 Å². The number of aryl methyl sites for hydroxylation is 3. The van der Waals surface area contributed by atoms with Crippen molar-refractivity contribution < 1.29 is 27.9 Å². The highest BCUT2D eigenvalue weighted by atomic mass is 32.2. The number of nitrogens with zero attached hydrogens (tertiary/aromatic N) is 1. The average molecular weight is 461 g/mol. The lowest BCUT2D eigenvalue weighted by Crippen LogP contribution is -2.42. The molecule has 1 aliphatic rings. The molecule has 9 heteroatoms. The number of esters is 1. The Morgan fingerprint density at radius 1 is 1.12 bits per heavy atom. The molecule has 172 valence electrons. The fourth-order valence-electron chi connectivity index (χ4n) is 3.53. The molecule has 1 amide bonds. The number of carbonyl (C=O) groups excluding carboxylic acids is 2. The number of benzene rings is 2. The van der Waals surface area contributed by atoms with Crippen molar-refractivity contribution in [1.82, 2.24) is 4.31 Å². The van der Waals surface area contributed by atoms with Crippen LogP contribution in [-0.4, -0.2) is 55.0 Å². The van der Waals surface area contributed by atoms with E-state index >= 15 is 0 Å². The van der Waals surface area contributed by atoms with Crippen molar-refractivity contribution in [3.63, 3.8) is 0 Å². The Morgan fingerprint density at radius 2 is 1.81 bits per heavy atom. The summed E-state index contributed by atoms with van der Waals surface area (Å²) >= 11 is 0. The van der Waals surface area contributed by atoms with Crippen LogP contribution in [-0.2, 0) is 30.8 Å². The van der Waals surface area contributed by atoms with Gasteiger partial charge in [-0.2, -0.15) is 4.31 Å². The van der Waals surface area contributed by atoms with Gasteiger partial charge in [0.2, 0.25) is 10.0 Å². The minimum absolute atomic E-state index is 0.0424. The smallest absolute Gasteiger partial charge is 0.325 e. The number of aliphatic hydroxyl groups is 1. The molecule has 8 nitrogen and oxygen atoms in total. The predicted octanol–water partition coefficient (Wildman–Crippen LogP) is 2.17. The first-order chi connectivity index (χ1) is 15.1. The standard InChI is InChI=1S/C23H28N2O6S/c1-4-17-6-8-18(9-7-17)24-22(27)14-31-23(28)21-12-19(26)13-25(21)32(29,30)20-10-5-15(2)16(3)11-20/h5-11,19,21,26H,4,12-14H2,1-3H3,(H,24,27). The van der Waals surface area contributed by atoms with Crippen molar-refractivity contribution >= 4 is 27.6 Å². The van der Waals surface area contributed by atoms with Crippen LogP contribution >= 0.6 is 0 Å². The van der Waals surface area contributed by atoms with Gasteiger partial charge in [0.1, 0.15) is 6.04 Å². The molecule has 1 aliphatic heterocycles. The van der Waals surface area contributed by atoms with Crippen molar-refractivity contribution in [3.05, 3.63) is 59.2 Å². The second kappa shape index (κ2) is 9.81. The highest BCUT2D eigenvalue weighted by Gasteiger charge is 2.44. The summed E-state index contributed by atoms with van der Waals surface area (Å²) in [5.74, 6) is -1.41. The summed E-state index contributed by atoms with van der Waals surface area (Å²) in [5, 5.41) is 12.7. The molecular weight excluding hydrogens is 432 g/mol. The molecule has 2 aromatic carbocycles. The van der Waals surface area contributed by atoms with Crippen molar-refractivity contribution in [3.8, 4) is 0 Å². The lowest BCUT2D eigenvalue weighted by molar-refractivity contribution is -0.150. The first-order valence-electron chi connectivity index (χ1n) is 10.4. The van der Waals surface area contributed by atoms with Crippen LogP contribution in [0.2, 0.25) is 0 Å². The Hall–Kier alpha value is -2.75. The molecule has 1 heterocycles. The average Bonchev–Trinajstić information content (AvgIpc) is 3.17. The summed E-state index contributed by atoms with van der Waals surface area (Å²) in [6.45, 7) is 4.92. The SMILES string of the molecule is CCc1ccc(NC(=O)COC(=O)C2CC(O)CN2S(=O)(=O)c2ccc(C)c(C)c2)cc1. The van der Waals surface area contributed by atoms with Crippen molar-refractivity contribution in [2.24, 2.45) is 0 Å². The summed E-state index contributed by atoms with van der Waals surface area (Å²) in [6, 6.07) is 10.8. The van der Waals surface area contributed by atoms with Gasteiger partial charge in [-0.3, -0.25) is 9.59 Å². The summed E-state index contributed by atoms with van der Waals surface area (Å²) in [4.78, 5) is 24.8. The zero-order valence-electron chi connectivity index (χ0n) is 18.4. The van der Waals surface area contributed by atoms with Gasteiger partial charge in [0.05, 0.1) is 11.0 Å². The van der Waals surface area contributed by atoms with E-state index in [0.29, 0.717) is 5.69 Å². The minimum Gasteiger partial charge on any atom is -0.454 e. The number of sulfonamides is 1. The van der Waals surface area contributed by atoms with E-state index in [1.165, 1.54) is 12.1 Å². The van der Waals surface area contributed by atoms with E-state index in [9.17, 15) is 23.1 Å². The molecule has 0 saturated carbocycles. The number of nitrogens with one attached hydrogen (secondary N) is 1. The van der Waals surface area contributed by atoms with Crippen LogP contribution in [0.3, 0.4) is 0 Å². The topological polar surface area (TPSA) is 113 Å². The number of β-amino-alcohol motifs (C(OH)–C–C–N with tert-alkyl or cyclic N) is 1. The molecule has 3 rings (SSSR count). The molecule has 0 spiro atoms. The van der Waals surface area contributed by atoms with E-state index in [-0.39, 0.29) is 17.9 Å². The van der Waals surface area contributed by atoms with E-state index < -0.39 is 40.7 Å². The lowest BCUT2D eigenvalue weighted by Gasteiger charge is -2.22. The maximum absolute atomic E-state index is 13.1. The first kappa shape index (κ1) is 23.9. The number of hydrogen-bond donors (Lipinski definition) is 2. The summed E-state index contributed by atoms with van der Waals surface area (Å²) in [7, 11) is -4.03. The fraction of sp³-hybridized carbons (Fsp3) is 0.391. The van der Waals surface area contributed by atoms with Gasteiger partial charge in [-0.05, 0) is 61.2 Å². The summed E-state index contributed by atoms with van der Waals surface area (Å²) in [5.41, 5.74) is 3.43. The van der Waals surface area contributed by atoms with Crippen LogP contribution in [0.25, 0.3) is 0 Å². The number of hydrogen-bond acceptors (Lipinski definition) is 6. The highest BCUT2D eigenvalue weighted by molar-refractivity contribution is 7.89. The van der Waals surface area contributed by atoms with Crippen LogP contribution in [0.4, 0.5) is 5.69 Å². The number of amides is 1. The van der Waals surface area contributed by atoms with Gasteiger partial charge in [0.15, 0.2) is 6.61 Å². The fourth-order valence-corrected chi connectivity index (χ4v) is 5.24. The normalized spacial score (nSPS) is 19.0. The Labute approximate surface area is 188 Å². The molecule has 0 aromatic heterocycles. The molecular formula is C23H28N2O6S. The Balaban J connectivity index is 1.66. The third-order valence-corrected chi connectivity index (χ3v) is 7.45. The van der Waals surface area contributed by atoms with Crippen molar-refractivity contribution in [1.29, 1.82) is 0 Å². The van der Waals surface area contributed by atoms with Gasteiger partial charge in [0.25, 0.3) is 5.91 Å². The number of rotatable bonds is 7. The summed E-state index contributed by atoms with van der Waals surface area (Å²) < 4.78 is 32.3. The van der Waals surface area contributed by atoms with Gasteiger partial charge < -0.3 is 15.2 Å². The predicted molar refractivity (Wildman–Crippen MR) is 120 cm³/mol. The second-order valence-electron chi connectivity index (χ2n) is 7.93. The third kappa shape index (κ3) is 5.35. The number of ether oxygens (including phenoxy) is 1. The quantitative estimate of drug-likeness (QED) is 0.613. The number of carbonyl (C=O) groups is 2. The van der Waals surface area contributed by atoms with Crippen LogP contribution in [0.15, 0.2) is 47.4 Å². The zero-order valence-corrected chi connectivity index (χ0v) is 19.2. The van der Waals surface area contributed by atoms with Gasteiger partial charge in [0, 0.05) is 18.7 Å². The lowest BCUT2D eigenvalue weighted by atomic mass is 10.1. The molecule has 0 aliphatic carbocycles. The molecule has 1 saturated heterocycles. The molecule has 32 heavy (non-hydrogen) atoms. The maximum Gasteiger partial charge on any atom is 0.325 e. The Morgan fingerprint density at radius 3 is 2.44 bits per heavy atom. The van der Waals surface area contributed by atoms with E-state index in [2.05, 4.69) is 5.32 Å². The number of aliphatic hydroxyl groups excluding tert-OH is 1. The van der Waals surface area contributed by atoms with E-state index in [4.69, 9.17) is 4.74 Å². The molecule has 1 fully saturated rings. The van der Waals surface area contributed by atoms with Crippen LogP contribution in [0, 0.1) is 13.8 Å². The largest absolute Gasteiger partial charge is 0.454 e. The zero-order chi connectivity index (χ0) is 23.5. The van der Waals surface area contributed by atoms with Crippen LogP contribution in [0.5, 0.6) is 0 Å². The van der Waals surface area contributed by atoms with Gasteiger partial charge >= 0.3 is 5.97 Å². The molecule has 2 unspecified atom stereocenters. The molecule has 2 aromatic rings. The summed E-state index contributed by atoms with van der Waals surface area (Å²) in [6.07, 6.45) is -0.219. The molecule has 2 N–H and O–H groups in total. The Kier molecular flexibility index (Phi) is 7.33. The van der Waals surface area contributed by atoms with Gasteiger partial charge in [-0.25, -0.2) is 8.42 Å². The van der Waals surface area contributed by atoms with Crippen molar-refractivity contribution in [2.75, 3.05) is 18.5 Å². The minimum atomic E-state index is -4.03. The van der Waals surface area contributed by atoms with Gasteiger partial charge in [-0.15, -0.1) is 0 Å². The first-order valence-corrected chi connectivity index (χ1v) is 11.9. The third-order valence-electron chi connectivity index (χ3n) is 5.58. The molecule has 0 radical (unpaired) electrons. The number of anilines is 1. The molecule has 0 bridgehead atoms. The monoisotopic (exact) mass is 460 g/mol. The van der Waals surface area contributed by atoms with E-state index in [1.807, 2.05) is 26.0 Å². The Bertz CT molecular complexity index is 1100. The maximum atomic E-state index is 13.1. The van der Waals surface area contributed by atoms with Crippen molar-refractivity contribution in [2.45, 2.75) is 50.7 Å². The molecule has 2 atom stereocenters.